The van der Waals surface area contributed by atoms with Crippen LogP contribution in [0.1, 0.15) is 65.9 Å². The molecule has 0 N–H and O–H groups in total. The molecule has 2 atom stereocenters. The molecule has 0 unspecified atom stereocenters. The van der Waals surface area contributed by atoms with E-state index < -0.39 is 9.84 Å². The zero-order valence-electron chi connectivity index (χ0n) is 17.2. The standard InChI is InChI=1S/C21H36O4S/c1-7-18(3)25-20-11-8-10-19(14-20)17(2)15-26(22,23)13-9-12-24-16-21(4,5)6/h8,10-11,14,17-18H,7,9,12-13,15-16H2,1-6H3/t17-,18-/m0/s1. The third-order valence-electron chi connectivity index (χ3n) is 4.12. The number of benzene rings is 1. The van der Waals surface area contributed by atoms with Gasteiger partial charge in [-0.3, -0.25) is 0 Å². The molecule has 0 radical (unpaired) electrons. The normalized spacial score (nSPS) is 14.8. The molecule has 0 spiro atoms. The Kier molecular flexibility index (Phi) is 9.11. The van der Waals surface area contributed by atoms with Crippen LogP contribution in [0.2, 0.25) is 0 Å². The van der Waals surface area contributed by atoms with Crippen LogP contribution in [0.4, 0.5) is 0 Å². The molecular formula is C21H36O4S. The predicted molar refractivity (Wildman–Crippen MR) is 109 cm³/mol. The lowest BCUT2D eigenvalue weighted by atomic mass is 9.99. The maximum Gasteiger partial charge on any atom is 0.150 e. The molecule has 4 nitrogen and oxygen atoms in total. The van der Waals surface area contributed by atoms with Gasteiger partial charge in [-0.2, -0.15) is 0 Å². The minimum absolute atomic E-state index is 0.0593. The van der Waals surface area contributed by atoms with Crippen molar-refractivity contribution in [1.29, 1.82) is 0 Å². The van der Waals surface area contributed by atoms with Crippen LogP contribution >= 0.6 is 0 Å². The molecule has 0 amide bonds. The predicted octanol–water partition coefficient (Wildman–Crippen LogP) is 4.84. The summed E-state index contributed by atoms with van der Waals surface area (Å²) in [5.41, 5.74) is 1.11. The van der Waals surface area contributed by atoms with Gasteiger partial charge in [-0.15, -0.1) is 0 Å². The van der Waals surface area contributed by atoms with E-state index in [4.69, 9.17) is 9.47 Å². The first-order valence-electron chi connectivity index (χ1n) is 9.57. The third-order valence-corrected chi connectivity index (χ3v) is 6.04. The Bertz CT molecular complexity index is 632. The van der Waals surface area contributed by atoms with Crippen molar-refractivity contribution < 1.29 is 17.9 Å². The second-order valence-corrected chi connectivity index (χ2v) is 10.6. The molecule has 5 heteroatoms. The molecule has 0 bridgehead atoms. The van der Waals surface area contributed by atoms with Crippen LogP contribution in [0.5, 0.6) is 5.75 Å². The van der Waals surface area contributed by atoms with Crippen LogP contribution in [-0.4, -0.2) is 39.2 Å². The van der Waals surface area contributed by atoms with E-state index in [9.17, 15) is 8.42 Å². The minimum atomic E-state index is -3.11. The van der Waals surface area contributed by atoms with E-state index in [-0.39, 0.29) is 28.9 Å². The maximum absolute atomic E-state index is 12.4. The Balaban J connectivity index is 2.52. The van der Waals surface area contributed by atoms with Gasteiger partial charge >= 0.3 is 0 Å². The van der Waals surface area contributed by atoms with Gasteiger partial charge in [0.1, 0.15) is 5.75 Å². The summed E-state index contributed by atoms with van der Waals surface area (Å²) >= 11 is 0. The van der Waals surface area contributed by atoms with Crippen LogP contribution in [0.25, 0.3) is 0 Å². The molecule has 0 aliphatic rings. The molecule has 0 saturated heterocycles. The van der Waals surface area contributed by atoms with Crippen molar-refractivity contribution in [2.45, 2.75) is 66.4 Å². The Morgan fingerprint density at radius 2 is 1.85 bits per heavy atom. The fourth-order valence-corrected chi connectivity index (χ4v) is 4.21. The first-order valence-corrected chi connectivity index (χ1v) is 11.4. The number of ether oxygens (including phenoxy) is 2. The lowest BCUT2D eigenvalue weighted by molar-refractivity contribution is 0.0720. The Morgan fingerprint density at radius 3 is 2.46 bits per heavy atom. The van der Waals surface area contributed by atoms with Crippen molar-refractivity contribution in [2.24, 2.45) is 5.41 Å². The van der Waals surface area contributed by atoms with Crippen molar-refractivity contribution in [3.63, 3.8) is 0 Å². The van der Waals surface area contributed by atoms with E-state index in [1.165, 1.54) is 0 Å². The average molecular weight is 385 g/mol. The molecular weight excluding hydrogens is 348 g/mol. The average Bonchev–Trinajstić information content (AvgIpc) is 2.53. The van der Waals surface area contributed by atoms with Crippen molar-refractivity contribution in [3.05, 3.63) is 29.8 Å². The van der Waals surface area contributed by atoms with Crippen LogP contribution in [0.3, 0.4) is 0 Å². The monoisotopic (exact) mass is 384 g/mol. The zero-order chi connectivity index (χ0) is 19.8. The first kappa shape index (κ1) is 23.0. The second-order valence-electron chi connectivity index (χ2n) is 8.39. The number of hydrogen-bond donors (Lipinski definition) is 0. The van der Waals surface area contributed by atoms with Gasteiger partial charge in [-0.1, -0.05) is 46.8 Å². The second kappa shape index (κ2) is 10.3. The van der Waals surface area contributed by atoms with Gasteiger partial charge in [-0.05, 0) is 48.8 Å². The summed E-state index contributed by atoms with van der Waals surface area (Å²) in [5.74, 6) is 1.07. The molecule has 0 saturated carbocycles. The van der Waals surface area contributed by atoms with Crippen molar-refractivity contribution in [3.8, 4) is 5.75 Å². The topological polar surface area (TPSA) is 52.6 Å². The SMILES string of the molecule is CC[C@H](C)Oc1cccc([C@@H](C)CS(=O)(=O)CCCOCC(C)(C)C)c1. The molecule has 0 aromatic heterocycles. The van der Waals surface area contributed by atoms with Crippen molar-refractivity contribution in [1.82, 2.24) is 0 Å². The minimum Gasteiger partial charge on any atom is -0.491 e. The highest BCUT2D eigenvalue weighted by atomic mass is 32.2. The summed E-state index contributed by atoms with van der Waals surface area (Å²) in [5, 5.41) is 0. The molecule has 0 aliphatic heterocycles. The number of hydrogen-bond acceptors (Lipinski definition) is 4. The molecule has 0 heterocycles. The molecule has 1 rings (SSSR count). The summed E-state index contributed by atoms with van der Waals surface area (Å²) in [6.45, 7) is 13.5. The van der Waals surface area contributed by atoms with Crippen LogP contribution in [-0.2, 0) is 14.6 Å². The smallest absolute Gasteiger partial charge is 0.150 e. The van der Waals surface area contributed by atoms with Crippen molar-refractivity contribution >= 4 is 9.84 Å². The summed E-state index contributed by atoms with van der Waals surface area (Å²) in [7, 11) is -3.11. The van der Waals surface area contributed by atoms with Gasteiger partial charge in [0.25, 0.3) is 0 Å². The number of rotatable bonds is 11. The summed E-state index contributed by atoms with van der Waals surface area (Å²) in [6.07, 6.45) is 1.63. The third kappa shape index (κ3) is 9.58. The Hall–Kier alpha value is -1.07. The molecule has 150 valence electrons. The van der Waals surface area contributed by atoms with Gasteiger partial charge < -0.3 is 9.47 Å². The fraction of sp³-hybridized carbons (Fsp3) is 0.714. The lowest BCUT2D eigenvalue weighted by Crippen LogP contribution is -2.19. The van der Waals surface area contributed by atoms with E-state index in [1.807, 2.05) is 38.1 Å². The molecule has 0 aliphatic carbocycles. The number of sulfone groups is 1. The highest BCUT2D eigenvalue weighted by Gasteiger charge is 2.18. The summed E-state index contributed by atoms with van der Waals surface area (Å²) in [6, 6.07) is 7.77. The molecule has 0 fully saturated rings. The molecule has 1 aromatic carbocycles. The Morgan fingerprint density at radius 1 is 1.15 bits per heavy atom. The maximum atomic E-state index is 12.4. The van der Waals surface area contributed by atoms with Gasteiger partial charge in [0, 0.05) is 6.61 Å². The van der Waals surface area contributed by atoms with E-state index in [0.29, 0.717) is 19.6 Å². The first-order chi connectivity index (χ1) is 12.0. The highest BCUT2D eigenvalue weighted by Crippen LogP contribution is 2.23. The Labute approximate surface area is 160 Å². The van der Waals surface area contributed by atoms with E-state index in [1.54, 1.807) is 0 Å². The van der Waals surface area contributed by atoms with Crippen LogP contribution in [0.15, 0.2) is 24.3 Å². The van der Waals surface area contributed by atoms with Gasteiger partial charge in [-0.25, -0.2) is 8.42 Å². The van der Waals surface area contributed by atoms with Gasteiger partial charge in [0.05, 0.1) is 24.2 Å². The van der Waals surface area contributed by atoms with E-state index >= 15 is 0 Å². The largest absolute Gasteiger partial charge is 0.491 e. The van der Waals surface area contributed by atoms with Gasteiger partial charge in [0.15, 0.2) is 9.84 Å². The van der Waals surface area contributed by atoms with Crippen LogP contribution < -0.4 is 4.74 Å². The van der Waals surface area contributed by atoms with E-state index in [0.717, 1.165) is 17.7 Å². The van der Waals surface area contributed by atoms with Crippen LogP contribution in [0, 0.1) is 5.41 Å². The summed E-state index contributed by atoms with van der Waals surface area (Å²) < 4.78 is 36.2. The van der Waals surface area contributed by atoms with Gasteiger partial charge in [0.2, 0.25) is 0 Å². The lowest BCUT2D eigenvalue weighted by Gasteiger charge is -2.18. The highest BCUT2D eigenvalue weighted by molar-refractivity contribution is 7.91. The van der Waals surface area contributed by atoms with E-state index in [2.05, 4.69) is 27.7 Å². The quantitative estimate of drug-likeness (QED) is 0.513. The zero-order valence-corrected chi connectivity index (χ0v) is 18.1. The fourth-order valence-electron chi connectivity index (χ4n) is 2.53. The van der Waals surface area contributed by atoms with Crippen molar-refractivity contribution in [2.75, 3.05) is 24.7 Å². The molecule has 26 heavy (non-hydrogen) atoms. The molecule has 1 aromatic rings. The summed E-state index contributed by atoms with van der Waals surface area (Å²) in [4.78, 5) is 0.